The number of hydrogen-bond donors (Lipinski definition) is 1. The van der Waals surface area contributed by atoms with Crippen molar-refractivity contribution in [3.63, 3.8) is 0 Å². The van der Waals surface area contributed by atoms with Gasteiger partial charge >= 0.3 is 0 Å². The van der Waals surface area contributed by atoms with E-state index in [1.54, 1.807) is 0 Å². The molecule has 4 heteroatoms. The van der Waals surface area contributed by atoms with Crippen molar-refractivity contribution < 1.29 is 4.74 Å². The first-order valence-electron chi connectivity index (χ1n) is 7.40. The molecule has 1 N–H and O–H groups in total. The molecule has 2 heterocycles. The van der Waals surface area contributed by atoms with Crippen molar-refractivity contribution in [3.05, 3.63) is 0 Å². The van der Waals surface area contributed by atoms with Crippen molar-refractivity contribution in [2.75, 3.05) is 52.9 Å². The van der Waals surface area contributed by atoms with Crippen LogP contribution < -0.4 is 5.32 Å². The summed E-state index contributed by atoms with van der Waals surface area (Å²) in [7, 11) is 2.22. The van der Waals surface area contributed by atoms with Crippen molar-refractivity contribution in [3.8, 4) is 0 Å². The van der Waals surface area contributed by atoms with E-state index in [1.807, 2.05) is 0 Å². The molecule has 4 nitrogen and oxygen atoms in total. The van der Waals surface area contributed by atoms with Crippen LogP contribution in [0.5, 0.6) is 0 Å². The number of likely N-dealkylation sites (N-methyl/N-ethyl adjacent to an activating group) is 2. The van der Waals surface area contributed by atoms with E-state index in [2.05, 4.69) is 36.0 Å². The van der Waals surface area contributed by atoms with Crippen molar-refractivity contribution in [1.29, 1.82) is 0 Å². The maximum atomic E-state index is 5.94. The first kappa shape index (κ1) is 14.3. The summed E-state index contributed by atoms with van der Waals surface area (Å²) in [6, 6.07) is 0.765. The van der Waals surface area contributed by atoms with Gasteiger partial charge in [-0.25, -0.2) is 0 Å². The summed E-state index contributed by atoms with van der Waals surface area (Å²) in [5, 5.41) is 3.27. The zero-order valence-corrected chi connectivity index (χ0v) is 12.2. The van der Waals surface area contributed by atoms with Crippen LogP contribution in [-0.2, 0) is 4.74 Å². The molecule has 2 saturated heterocycles. The lowest BCUT2D eigenvalue weighted by Crippen LogP contribution is -2.59. The van der Waals surface area contributed by atoms with E-state index in [0.717, 1.165) is 32.3 Å². The van der Waals surface area contributed by atoms with Gasteiger partial charge in [-0.1, -0.05) is 6.92 Å². The highest BCUT2D eigenvalue weighted by molar-refractivity contribution is 4.90. The van der Waals surface area contributed by atoms with Gasteiger partial charge in [-0.3, -0.25) is 4.90 Å². The molecule has 1 unspecified atom stereocenters. The second-order valence-corrected chi connectivity index (χ2v) is 6.09. The number of hydrogen-bond acceptors (Lipinski definition) is 4. The number of nitrogens with one attached hydrogen (secondary N) is 1. The Morgan fingerprint density at radius 2 is 2.22 bits per heavy atom. The Balaban J connectivity index is 1.61. The molecule has 0 radical (unpaired) electrons. The number of nitrogens with zero attached hydrogens (tertiary/aromatic N) is 2. The van der Waals surface area contributed by atoms with E-state index < -0.39 is 0 Å². The van der Waals surface area contributed by atoms with Gasteiger partial charge in [0.15, 0.2) is 0 Å². The van der Waals surface area contributed by atoms with Gasteiger partial charge in [-0.15, -0.1) is 0 Å². The molecule has 1 atom stereocenters. The van der Waals surface area contributed by atoms with Gasteiger partial charge in [-0.05, 0) is 39.9 Å². The Hall–Kier alpha value is -0.160. The van der Waals surface area contributed by atoms with Gasteiger partial charge < -0.3 is 15.0 Å². The molecule has 2 aliphatic heterocycles. The second kappa shape index (κ2) is 6.33. The van der Waals surface area contributed by atoms with E-state index in [9.17, 15) is 0 Å². The van der Waals surface area contributed by atoms with Crippen molar-refractivity contribution in [2.24, 2.45) is 0 Å². The zero-order valence-electron chi connectivity index (χ0n) is 12.2. The minimum Gasteiger partial charge on any atom is -0.371 e. The molecule has 0 spiro atoms. The highest BCUT2D eigenvalue weighted by Gasteiger charge is 2.32. The standard InChI is InChI=1S/C14H29N3O/c1-4-17-7-5-6-13(17)10-16(3)8-9-18-14(2)11-15-12-14/h13,15H,4-12H2,1-3H3. The number of likely N-dealkylation sites (tertiary alicyclic amines) is 1. The Kier molecular flexibility index (Phi) is 5.01. The average molecular weight is 255 g/mol. The molecule has 0 bridgehead atoms. The van der Waals surface area contributed by atoms with Gasteiger partial charge in [0.05, 0.1) is 12.2 Å². The predicted molar refractivity (Wildman–Crippen MR) is 75.0 cm³/mol. The van der Waals surface area contributed by atoms with Crippen LogP contribution in [0, 0.1) is 0 Å². The van der Waals surface area contributed by atoms with Crippen LogP contribution in [0.25, 0.3) is 0 Å². The largest absolute Gasteiger partial charge is 0.371 e. The lowest BCUT2D eigenvalue weighted by Gasteiger charge is -2.39. The average Bonchev–Trinajstić information content (AvgIpc) is 2.74. The maximum absolute atomic E-state index is 5.94. The predicted octanol–water partition coefficient (Wildman–Crippen LogP) is 0.781. The Morgan fingerprint density at radius 1 is 1.44 bits per heavy atom. The van der Waals surface area contributed by atoms with Crippen LogP contribution in [0.2, 0.25) is 0 Å². The third-order valence-electron chi connectivity index (χ3n) is 4.35. The minimum absolute atomic E-state index is 0.101. The first-order valence-corrected chi connectivity index (χ1v) is 7.40. The fraction of sp³-hybridized carbons (Fsp3) is 1.00. The zero-order chi connectivity index (χ0) is 13.0. The fourth-order valence-electron chi connectivity index (χ4n) is 3.00. The molecular weight excluding hydrogens is 226 g/mol. The molecule has 2 rings (SSSR count). The monoisotopic (exact) mass is 255 g/mol. The molecule has 0 aromatic carbocycles. The molecule has 0 saturated carbocycles. The van der Waals surface area contributed by atoms with Crippen LogP contribution in [0.1, 0.15) is 26.7 Å². The topological polar surface area (TPSA) is 27.7 Å². The summed E-state index contributed by atoms with van der Waals surface area (Å²) >= 11 is 0. The molecule has 0 aromatic heterocycles. The van der Waals surface area contributed by atoms with E-state index in [1.165, 1.54) is 32.5 Å². The van der Waals surface area contributed by atoms with Crippen LogP contribution in [0.4, 0.5) is 0 Å². The Morgan fingerprint density at radius 3 is 2.83 bits per heavy atom. The molecular formula is C14H29N3O. The summed E-state index contributed by atoms with van der Waals surface area (Å²) in [6.45, 7) is 12.0. The van der Waals surface area contributed by atoms with Crippen molar-refractivity contribution >= 4 is 0 Å². The van der Waals surface area contributed by atoms with Gasteiger partial charge in [0, 0.05) is 32.2 Å². The number of rotatable bonds is 7. The molecule has 0 aliphatic carbocycles. The molecule has 2 fully saturated rings. The minimum atomic E-state index is 0.101. The van der Waals surface area contributed by atoms with Crippen LogP contribution in [0.15, 0.2) is 0 Å². The van der Waals surface area contributed by atoms with Gasteiger partial charge in [0.25, 0.3) is 0 Å². The summed E-state index contributed by atoms with van der Waals surface area (Å²) in [6.07, 6.45) is 2.73. The van der Waals surface area contributed by atoms with Gasteiger partial charge in [-0.2, -0.15) is 0 Å². The smallest absolute Gasteiger partial charge is 0.0902 e. The second-order valence-electron chi connectivity index (χ2n) is 6.09. The van der Waals surface area contributed by atoms with Crippen LogP contribution in [0.3, 0.4) is 0 Å². The highest BCUT2D eigenvalue weighted by atomic mass is 16.5. The molecule has 0 amide bonds. The first-order chi connectivity index (χ1) is 8.63. The normalized spacial score (nSPS) is 27.7. The summed E-state index contributed by atoms with van der Waals surface area (Å²) in [5.74, 6) is 0. The van der Waals surface area contributed by atoms with Crippen LogP contribution >= 0.6 is 0 Å². The van der Waals surface area contributed by atoms with Crippen molar-refractivity contribution in [2.45, 2.75) is 38.3 Å². The van der Waals surface area contributed by atoms with Gasteiger partial charge in [0.2, 0.25) is 0 Å². The molecule has 18 heavy (non-hydrogen) atoms. The van der Waals surface area contributed by atoms with E-state index >= 15 is 0 Å². The SMILES string of the molecule is CCN1CCCC1CN(C)CCOC1(C)CNC1. The van der Waals surface area contributed by atoms with Gasteiger partial charge in [0.1, 0.15) is 0 Å². The van der Waals surface area contributed by atoms with E-state index in [4.69, 9.17) is 4.74 Å². The number of ether oxygens (including phenoxy) is 1. The molecule has 106 valence electrons. The maximum Gasteiger partial charge on any atom is 0.0902 e. The summed E-state index contributed by atoms with van der Waals surface area (Å²) in [5.41, 5.74) is 0.101. The Bertz CT molecular complexity index is 255. The summed E-state index contributed by atoms with van der Waals surface area (Å²) in [4.78, 5) is 5.03. The lowest BCUT2D eigenvalue weighted by atomic mass is 10.0. The summed E-state index contributed by atoms with van der Waals surface area (Å²) < 4.78 is 5.94. The Labute approximate surface area is 112 Å². The van der Waals surface area contributed by atoms with E-state index in [0.29, 0.717) is 0 Å². The van der Waals surface area contributed by atoms with E-state index in [-0.39, 0.29) is 5.60 Å². The third-order valence-corrected chi connectivity index (χ3v) is 4.35. The quantitative estimate of drug-likeness (QED) is 0.728. The highest BCUT2D eigenvalue weighted by Crippen LogP contribution is 2.18. The van der Waals surface area contributed by atoms with Crippen LogP contribution in [-0.4, -0.2) is 74.4 Å². The third kappa shape index (κ3) is 3.67. The fourth-order valence-corrected chi connectivity index (χ4v) is 3.00. The van der Waals surface area contributed by atoms with Crippen molar-refractivity contribution in [1.82, 2.24) is 15.1 Å². The molecule has 2 aliphatic rings. The lowest BCUT2D eigenvalue weighted by molar-refractivity contribution is -0.0715. The molecule has 0 aromatic rings.